The van der Waals surface area contributed by atoms with Gasteiger partial charge in [-0.1, -0.05) is 297 Å². The van der Waals surface area contributed by atoms with Gasteiger partial charge in [0.2, 0.25) is 0 Å². The SMILES string of the molecule is c1ccc(-c2cc(-c3ccccc3)cc(N(c3ccc(-c4cc(-c5cccc6ccccc56)cc(-c5ccc(N(c6ccc(-c7cccc(-c8cccc9ccccc89)c7)cc6)c6cc(-c7ccccc7)cc(-c7ccccc7)c6)c6c5oc5ccccc56)c4)cc3)c3cccc4c3oc3ccccc34)c2)cc1. The highest BCUT2D eigenvalue weighted by Gasteiger charge is 2.26. The highest BCUT2D eigenvalue weighted by Crippen LogP contribution is 2.51. The Kier molecular flexibility index (Phi) is 15.9. The van der Waals surface area contributed by atoms with Gasteiger partial charge in [0.15, 0.2) is 5.58 Å². The first-order chi connectivity index (χ1) is 53.5. The molecule has 0 atom stereocenters. The Labute approximate surface area is 626 Å². The second kappa shape index (κ2) is 27.1. The zero-order chi connectivity index (χ0) is 71.4. The van der Waals surface area contributed by atoms with Gasteiger partial charge in [0, 0.05) is 44.5 Å². The van der Waals surface area contributed by atoms with E-state index in [1.165, 1.54) is 32.7 Å². The smallest absolute Gasteiger partial charge is 0.159 e. The van der Waals surface area contributed by atoms with Crippen molar-refractivity contribution in [3.05, 3.63) is 413 Å². The van der Waals surface area contributed by atoms with E-state index in [9.17, 15) is 0 Å². The molecular formula is C104H68N2O2. The molecule has 2 aromatic heterocycles. The molecule has 0 aliphatic heterocycles. The molecular weight excluding hydrogens is 1310 g/mol. The van der Waals surface area contributed by atoms with Crippen molar-refractivity contribution in [1.82, 2.24) is 0 Å². The van der Waals surface area contributed by atoms with Crippen molar-refractivity contribution < 1.29 is 8.83 Å². The van der Waals surface area contributed by atoms with Gasteiger partial charge in [-0.25, -0.2) is 0 Å². The summed E-state index contributed by atoms with van der Waals surface area (Å²) in [6.45, 7) is 0. The molecule has 0 unspecified atom stereocenters. The highest BCUT2D eigenvalue weighted by atomic mass is 16.3. The summed E-state index contributed by atoms with van der Waals surface area (Å²) in [5.41, 5.74) is 29.2. The van der Waals surface area contributed by atoms with Crippen molar-refractivity contribution >= 4 is 99.5 Å². The van der Waals surface area contributed by atoms with E-state index in [1.54, 1.807) is 0 Å². The van der Waals surface area contributed by atoms with E-state index in [-0.39, 0.29) is 0 Å². The van der Waals surface area contributed by atoms with Crippen molar-refractivity contribution in [3.8, 4) is 100 Å². The van der Waals surface area contributed by atoms with Crippen LogP contribution in [-0.2, 0) is 0 Å². The van der Waals surface area contributed by atoms with E-state index >= 15 is 0 Å². The van der Waals surface area contributed by atoms with Gasteiger partial charge in [-0.15, -0.1) is 0 Å². The normalized spacial score (nSPS) is 11.5. The Balaban J connectivity index is 0.770. The number of anilines is 6. The Morgan fingerprint density at radius 2 is 0.509 bits per heavy atom. The van der Waals surface area contributed by atoms with Gasteiger partial charge < -0.3 is 18.6 Å². The minimum atomic E-state index is 0.794. The third-order valence-corrected chi connectivity index (χ3v) is 21.4. The molecule has 108 heavy (non-hydrogen) atoms. The van der Waals surface area contributed by atoms with Crippen molar-refractivity contribution in [1.29, 1.82) is 0 Å². The van der Waals surface area contributed by atoms with Crippen molar-refractivity contribution in [3.63, 3.8) is 0 Å². The monoisotopic (exact) mass is 1380 g/mol. The number of fused-ring (bicyclic) bond motifs is 8. The molecule has 4 nitrogen and oxygen atoms in total. The number of benzene rings is 18. The van der Waals surface area contributed by atoms with Gasteiger partial charge >= 0.3 is 0 Å². The average molecular weight is 1380 g/mol. The summed E-state index contributed by atoms with van der Waals surface area (Å²) in [6, 6.07) is 150. The Hall–Kier alpha value is -14.3. The lowest BCUT2D eigenvalue weighted by Crippen LogP contribution is -2.11. The van der Waals surface area contributed by atoms with Crippen LogP contribution in [0.15, 0.2) is 421 Å². The average Bonchev–Trinajstić information content (AvgIpc) is 1.69. The molecule has 4 heteroatoms. The van der Waals surface area contributed by atoms with Crippen LogP contribution in [0.25, 0.3) is 166 Å². The minimum Gasteiger partial charge on any atom is -0.455 e. The maximum absolute atomic E-state index is 7.41. The number of hydrogen-bond acceptors (Lipinski definition) is 4. The fourth-order valence-corrected chi connectivity index (χ4v) is 16.2. The Morgan fingerprint density at radius 1 is 0.167 bits per heavy atom. The standard InChI is InChI=1S/C104H68N2O2/c1-5-25-69(26-6-1)80-60-81(70-27-7-2-8-28-70)66-88(65-80)105(86-53-49-73(50-54-86)77-37-21-38-78(59-77)92-43-22-35-75-33-13-15-39-90(75)92)98-58-57-94(104-102(98)97-42-18-20-48-101(97)108-104)85-63-79(62-84(64-85)93-44-23-36-76-34-14-16-40-91(76)93)74-51-55-87(56-52-74)106(99-46-24-45-96-95-41-17-19-47-100(95)107-103(96)99)89-67-82(71-29-9-3-10-30-71)61-83(68-89)72-31-11-4-12-32-72/h1-68H. The molecule has 20 rings (SSSR count). The molecule has 0 bridgehead atoms. The van der Waals surface area contributed by atoms with Gasteiger partial charge in [0.25, 0.3) is 0 Å². The Bertz CT molecular complexity index is 6650. The van der Waals surface area contributed by atoms with E-state index in [1.807, 2.05) is 6.07 Å². The second-order valence-corrected chi connectivity index (χ2v) is 27.9. The fraction of sp³-hybridized carbons (Fsp3) is 0. The number of para-hydroxylation sites is 3. The molecule has 2 heterocycles. The Morgan fingerprint density at radius 3 is 1.06 bits per heavy atom. The highest BCUT2D eigenvalue weighted by molar-refractivity contribution is 6.18. The number of nitrogens with zero attached hydrogens (tertiary/aromatic N) is 2. The van der Waals surface area contributed by atoms with Crippen LogP contribution in [0.4, 0.5) is 34.1 Å². The lowest BCUT2D eigenvalue weighted by atomic mass is 9.90. The first-order valence-electron chi connectivity index (χ1n) is 36.9. The maximum atomic E-state index is 7.41. The maximum Gasteiger partial charge on any atom is 0.159 e. The molecule has 0 radical (unpaired) electrons. The molecule has 0 aliphatic rings. The minimum absolute atomic E-state index is 0.794. The molecule has 506 valence electrons. The van der Waals surface area contributed by atoms with Crippen LogP contribution in [0, 0.1) is 0 Å². The third-order valence-electron chi connectivity index (χ3n) is 21.4. The third kappa shape index (κ3) is 11.6. The van der Waals surface area contributed by atoms with Crippen molar-refractivity contribution in [2.45, 2.75) is 0 Å². The lowest BCUT2D eigenvalue weighted by molar-refractivity contribution is 0.669. The molecule has 20 aromatic rings. The van der Waals surface area contributed by atoms with Gasteiger partial charge in [-0.05, 0) is 231 Å². The summed E-state index contributed by atoms with van der Waals surface area (Å²) < 4.78 is 14.3. The molecule has 0 aliphatic carbocycles. The fourth-order valence-electron chi connectivity index (χ4n) is 16.2. The first kappa shape index (κ1) is 63.4. The summed E-state index contributed by atoms with van der Waals surface area (Å²) in [5, 5.41) is 8.98. The van der Waals surface area contributed by atoms with Crippen LogP contribution in [-0.4, -0.2) is 0 Å². The van der Waals surface area contributed by atoms with Crippen molar-refractivity contribution in [2.75, 3.05) is 9.80 Å². The zero-order valence-corrected chi connectivity index (χ0v) is 59.0. The second-order valence-electron chi connectivity index (χ2n) is 27.9. The molecule has 0 spiro atoms. The number of rotatable bonds is 15. The summed E-state index contributed by atoms with van der Waals surface area (Å²) in [7, 11) is 0. The van der Waals surface area contributed by atoms with Gasteiger partial charge in [-0.3, -0.25) is 0 Å². The number of hydrogen-bond donors (Lipinski definition) is 0. The van der Waals surface area contributed by atoms with Crippen LogP contribution in [0.5, 0.6) is 0 Å². The van der Waals surface area contributed by atoms with Gasteiger partial charge in [0.1, 0.15) is 16.7 Å². The lowest BCUT2D eigenvalue weighted by Gasteiger charge is -2.28. The first-order valence-corrected chi connectivity index (χ1v) is 36.9. The summed E-state index contributed by atoms with van der Waals surface area (Å²) >= 11 is 0. The van der Waals surface area contributed by atoms with Crippen LogP contribution in [0.1, 0.15) is 0 Å². The van der Waals surface area contributed by atoms with E-state index in [0.717, 1.165) is 167 Å². The molecule has 0 amide bonds. The molecule has 0 N–H and O–H groups in total. The molecule has 18 aromatic carbocycles. The van der Waals surface area contributed by atoms with E-state index < -0.39 is 0 Å². The zero-order valence-electron chi connectivity index (χ0n) is 59.0. The van der Waals surface area contributed by atoms with Crippen molar-refractivity contribution in [2.24, 2.45) is 0 Å². The van der Waals surface area contributed by atoms with Crippen LogP contribution < -0.4 is 9.80 Å². The molecule has 0 saturated carbocycles. The quantitative estimate of drug-likeness (QED) is 0.102. The van der Waals surface area contributed by atoms with E-state index in [4.69, 9.17) is 8.83 Å². The van der Waals surface area contributed by atoms with Crippen LogP contribution in [0.2, 0.25) is 0 Å². The predicted molar refractivity (Wildman–Crippen MR) is 454 cm³/mol. The molecule has 0 fully saturated rings. The summed E-state index contributed by atoms with van der Waals surface area (Å²) in [5.74, 6) is 0. The predicted octanol–water partition coefficient (Wildman–Crippen LogP) is 29.7. The van der Waals surface area contributed by atoms with Crippen LogP contribution in [0.3, 0.4) is 0 Å². The topological polar surface area (TPSA) is 32.8 Å². The summed E-state index contributed by atoms with van der Waals surface area (Å²) in [6.07, 6.45) is 0. The number of furan rings is 2. The van der Waals surface area contributed by atoms with Crippen LogP contribution >= 0.6 is 0 Å². The summed E-state index contributed by atoms with van der Waals surface area (Å²) in [4.78, 5) is 4.82. The van der Waals surface area contributed by atoms with Gasteiger partial charge in [-0.2, -0.15) is 0 Å². The largest absolute Gasteiger partial charge is 0.455 e. The molecule has 0 saturated heterocycles. The van der Waals surface area contributed by atoms with Gasteiger partial charge in [0.05, 0.1) is 16.8 Å². The van der Waals surface area contributed by atoms with E-state index in [2.05, 4.69) is 416 Å². The van der Waals surface area contributed by atoms with E-state index in [0.29, 0.717) is 0 Å².